The van der Waals surface area contributed by atoms with Gasteiger partial charge < -0.3 is 5.32 Å². The number of hydrogen-bond acceptors (Lipinski definition) is 1. The van der Waals surface area contributed by atoms with Gasteiger partial charge >= 0.3 is 6.18 Å². The second kappa shape index (κ2) is 5.49. The lowest BCUT2D eigenvalue weighted by molar-refractivity contribution is -0.137. The van der Waals surface area contributed by atoms with Crippen LogP contribution in [0.5, 0.6) is 0 Å². The summed E-state index contributed by atoms with van der Waals surface area (Å²) in [5, 5.41) is 3.56. The Balaban J connectivity index is 2.09. The molecule has 1 unspecified atom stereocenters. The van der Waals surface area contributed by atoms with E-state index < -0.39 is 11.7 Å². The van der Waals surface area contributed by atoms with Crippen LogP contribution in [0, 0.1) is 0 Å². The van der Waals surface area contributed by atoms with Gasteiger partial charge in [-0.1, -0.05) is 24.1 Å². The summed E-state index contributed by atoms with van der Waals surface area (Å²) in [6.07, 6.45) is -0.257. The van der Waals surface area contributed by atoms with Crippen molar-refractivity contribution in [1.82, 2.24) is 5.32 Å². The molecule has 5 heteroatoms. The zero-order chi connectivity index (χ0) is 13.2. The zero-order valence-electron chi connectivity index (χ0n) is 9.86. The first-order chi connectivity index (χ1) is 8.47. The van der Waals surface area contributed by atoms with Crippen LogP contribution in [0.25, 0.3) is 0 Å². The minimum Gasteiger partial charge on any atom is -0.314 e. The average Bonchev–Trinajstić information content (AvgIpc) is 2.32. The maximum absolute atomic E-state index is 12.5. The molecule has 1 aromatic carbocycles. The van der Waals surface area contributed by atoms with Gasteiger partial charge in [0.25, 0.3) is 0 Å². The van der Waals surface area contributed by atoms with Crippen molar-refractivity contribution < 1.29 is 13.2 Å². The van der Waals surface area contributed by atoms with Crippen LogP contribution < -0.4 is 5.32 Å². The maximum atomic E-state index is 12.5. The first-order valence-electron chi connectivity index (χ1n) is 6.06. The second-order valence-electron chi connectivity index (χ2n) is 4.65. The van der Waals surface area contributed by atoms with Gasteiger partial charge in [-0.05, 0) is 43.5 Å². The Labute approximate surface area is 109 Å². The molecule has 2 rings (SSSR count). The monoisotopic (exact) mass is 277 g/mol. The molecule has 1 N–H and O–H groups in total. The minimum absolute atomic E-state index is 0.206. The molecule has 1 aliphatic rings. The summed E-state index contributed by atoms with van der Waals surface area (Å²) in [4.78, 5) is 0. The molecule has 0 aromatic heterocycles. The van der Waals surface area contributed by atoms with Crippen LogP contribution in [0.4, 0.5) is 13.2 Å². The van der Waals surface area contributed by atoms with E-state index in [9.17, 15) is 13.2 Å². The smallest absolute Gasteiger partial charge is 0.314 e. The lowest BCUT2D eigenvalue weighted by atomic mass is 9.97. The van der Waals surface area contributed by atoms with E-state index in [1.54, 1.807) is 0 Å². The van der Waals surface area contributed by atoms with E-state index in [0.717, 1.165) is 43.5 Å². The Kier molecular flexibility index (Phi) is 4.17. The summed E-state index contributed by atoms with van der Waals surface area (Å²) in [6.45, 7) is 0.975. The topological polar surface area (TPSA) is 12.0 Å². The Morgan fingerprint density at radius 3 is 2.61 bits per heavy atom. The zero-order valence-corrected chi connectivity index (χ0v) is 10.6. The summed E-state index contributed by atoms with van der Waals surface area (Å²) >= 11 is 5.93. The van der Waals surface area contributed by atoms with Gasteiger partial charge in [-0.25, -0.2) is 0 Å². The predicted octanol–water partition coefficient (Wildman–Crippen LogP) is 4.04. The molecular formula is C13H15ClF3N. The van der Waals surface area contributed by atoms with Gasteiger partial charge in [0.2, 0.25) is 0 Å². The molecule has 1 fully saturated rings. The highest BCUT2D eigenvalue weighted by atomic mass is 35.5. The molecule has 0 spiro atoms. The van der Waals surface area contributed by atoms with Crippen molar-refractivity contribution in [1.29, 1.82) is 0 Å². The number of piperidine rings is 1. The first-order valence-corrected chi connectivity index (χ1v) is 6.43. The van der Waals surface area contributed by atoms with E-state index in [1.807, 2.05) is 0 Å². The third-order valence-electron chi connectivity index (χ3n) is 3.26. The predicted molar refractivity (Wildman–Crippen MR) is 65.8 cm³/mol. The van der Waals surface area contributed by atoms with Crippen molar-refractivity contribution in [2.45, 2.75) is 37.9 Å². The van der Waals surface area contributed by atoms with Gasteiger partial charge in [0, 0.05) is 11.1 Å². The van der Waals surface area contributed by atoms with Crippen LogP contribution in [0.3, 0.4) is 0 Å². The van der Waals surface area contributed by atoms with E-state index in [0.29, 0.717) is 12.5 Å². The van der Waals surface area contributed by atoms with Gasteiger partial charge in [-0.2, -0.15) is 13.2 Å². The van der Waals surface area contributed by atoms with Crippen molar-refractivity contribution in [3.8, 4) is 0 Å². The van der Waals surface area contributed by atoms with E-state index in [4.69, 9.17) is 11.6 Å². The molecule has 0 radical (unpaired) electrons. The normalized spacial score (nSPS) is 21.0. The number of rotatable bonds is 2. The molecule has 1 atom stereocenters. The quantitative estimate of drug-likeness (QED) is 0.860. The SMILES string of the molecule is FC(F)(F)c1ccc(CC2CCCCN2)c(Cl)c1. The summed E-state index contributed by atoms with van der Waals surface area (Å²) in [6, 6.07) is 3.93. The molecule has 1 aromatic rings. The lowest BCUT2D eigenvalue weighted by Crippen LogP contribution is -2.35. The largest absolute Gasteiger partial charge is 0.416 e. The van der Waals surface area contributed by atoms with Crippen LogP contribution in [0.15, 0.2) is 18.2 Å². The molecule has 0 aliphatic carbocycles. The Bertz CT molecular complexity index is 411. The van der Waals surface area contributed by atoms with Gasteiger partial charge in [0.15, 0.2) is 0 Å². The van der Waals surface area contributed by atoms with E-state index in [-0.39, 0.29) is 5.02 Å². The number of hydrogen-bond donors (Lipinski definition) is 1. The number of benzene rings is 1. The highest BCUT2D eigenvalue weighted by molar-refractivity contribution is 6.31. The third kappa shape index (κ3) is 3.39. The maximum Gasteiger partial charge on any atom is 0.416 e. The van der Waals surface area contributed by atoms with Gasteiger partial charge in [0.1, 0.15) is 0 Å². The van der Waals surface area contributed by atoms with Gasteiger partial charge in [0.05, 0.1) is 5.56 Å². The van der Waals surface area contributed by atoms with E-state index in [2.05, 4.69) is 5.32 Å². The molecule has 0 saturated carbocycles. The second-order valence-corrected chi connectivity index (χ2v) is 5.06. The van der Waals surface area contributed by atoms with Crippen LogP contribution in [-0.4, -0.2) is 12.6 Å². The molecule has 0 bridgehead atoms. The standard InChI is InChI=1S/C13H15ClF3N/c14-12-8-10(13(15,16)17)5-4-9(12)7-11-3-1-2-6-18-11/h4-5,8,11,18H,1-3,6-7H2. The van der Waals surface area contributed by atoms with Gasteiger partial charge in [-0.3, -0.25) is 0 Å². The average molecular weight is 278 g/mol. The minimum atomic E-state index is -4.33. The third-order valence-corrected chi connectivity index (χ3v) is 3.61. The van der Waals surface area contributed by atoms with Crippen molar-refractivity contribution in [3.05, 3.63) is 34.3 Å². The fraction of sp³-hybridized carbons (Fsp3) is 0.538. The Morgan fingerprint density at radius 1 is 1.28 bits per heavy atom. The summed E-state index contributed by atoms with van der Waals surface area (Å²) in [7, 11) is 0. The van der Waals surface area contributed by atoms with Crippen molar-refractivity contribution in [2.75, 3.05) is 6.54 Å². The van der Waals surface area contributed by atoms with Crippen LogP contribution >= 0.6 is 11.6 Å². The van der Waals surface area contributed by atoms with E-state index >= 15 is 0 Å². The number of alkyl halides is 3. The van der Waals surface area contributed by atoms with Crippen molar-refractivity contribution in [3.63, 3.8) is 0 Å². The Hall–Kier alpha value is -0.740. The molecule has 1 nitrogen and oxygen atoms in total. The fourth-order valence-electron chi connectivity index (χ4n) is 2.25. The van der Waals surface area contributed by atoms with Gasteiger partial charge in [-0.15, -0.1) is 0 Å². The van der Waals surface area contributed by atoms with Crippen LogP contribution in [0.2, 0.25) is 5.02 Å². The lowest BCUT2D eigenvalue weighted by Gasteiger charge is -2.24. The summed E-state index contributed by atoms with van der Waals surface area (Å²) in [5.41, 5.74) is 0.0944. The van der Waals surface area contributed by atoms with Crippen LogP contribution in [0.1, 0.15) is 30.4 Å². The molecular weight excluding hydrogens is 263 g/mol. The van der Waals surface area contributed by atoms with Crippen LogP contribution in [-0.2, 0) is 12.6 Å². The highest BCUT2D eigenvalue weighted by Crippen LogP contribution is 2.32. The first kappa shape index (κ1) is 13.7. The number of nitrogens with one attached hydrogen (secondary N) is 1. The molecule has 1 saturated heterocycles. The van der Waals surface area contributed by atoms with Crippen molar-refractivity contribution >= 4 is 11.6 Å². The number of halogens is 4. The molecule has 1 aliphatic heterocycles. The molecule has 1 heterocycles. The molecule has 18 heavy (non-hydrogen) atoms. The van der Waals surface area contributed by atoms with Crippen molar-refractivity contribution in [2.24, 2.45) is 0 Å². The van der Waals surface area contributed by atoms with E-state index in [1.165, 1.54) is 6.07 Å². The Morgan fingerprint density at radius 2 is 2.06 bits per heavy atom. The highest BCUT2D eigenvalue weighted by Gasteiger charge is 2.31. The molecule has 100 valence electrons. The summed E-state index contributed by atoms with van der Waals surface area (Å²) in [5.74, 6) is 0. The summed E-state index contributed by atoms with van der Waals surface area (Å²) < 4.78 is 37.5. The molecule has 0 amide bonds. The fourth-order valence-corrected chi connectivity index (χ4v) is 2.51.